The molecule has 0 amide bonds. The maximum atomic E-state index is 3.45. The van der Waals surface area contributed by atoms with Crippen molar-refractivity contribution >= 4 is 17.3 Å². The maximum Gasteiger partial charge on any atom is 0.276 e. The molecule has 120 valence electrons. The summed E-state index contributed by atoms with van der Waals surface area (Å²) in [7, 11) is 0. The van der Waals surface area contributed by atoms with Crippen LogP contribution in [-0.2, 0) is 0 Å². The van der Waals surface area contributed by atoms with Crippen molar-refractivity contribution in [3.05, 3.63) is 83.6 Å². The lowest BCUT2D eigenvalue weighted by Gasteiger charge is -2.14. The monoisotopic (exact) mass is 318 g/mol. The van der Waals surface area contributed by atoms with Gasteiger partial charge in [0.05, 0.1) is 16.9 Å². The van der Waals surface area contributed by atoms with Crippen LogP contribution in [0.2, 0.25) is 0 Å². The number of hydrogen-bond donors (Lipinski definition) is 3. The number of anilines is 1. The summed E-state index contributed by atoms with van der Waals surface area (Å²) >= 11 is 0. The fraction of sp³-hybridized carbons (Fsp3) is 0.105. The zero-order valence-electron chi connectivity index (χ0n) is 13.7. The van der Waals surface area contributed by atoms with Gasteiger partial charge in [-0.1, -0.05) is 36.4 Å². The van der Waals surface area contributed by atoms with Crippen LogP contribution in [0.5, 0.6) is 0 Å². The zero-order chi connectivity index (χ0) is 16.5. The second-order valence-electron chi connectivity index (χ2n) is 5.90. The smallest absolute Gasteiger partial charge is 0.275 e. The summed E-state index contributed by atoms with van der Waals surface area (Å²) in [5.74, 6) is 1.97. The first kappa shape index (κ1) is 14.4. The largest absolute Gasteiger partial charge is 0.276 e. The molecule has 0 saturated carbocycles. The molecule has 5 nitrogen and oxygen atoms in total. The van der Waals surface area contributed by atoms with Crippen LogP contribution in [0.1, 0.15) is 16.8 Å². The zero-order valence-corrected chi connectivity index (χ0v) is 13.7. The van der Waals surface area contributed by atoms with Crippen molar-refractivity contribution in [1.29, 1.82) is 0 Å². The molecule has 1 aliphatic heterocycles. The van der Waals surface area contributed by atoms with Crippen LogP contribution in [0.4, 0.5) is 11.5 Å². The molecule has 24 heavy (non-hydrogen) atoms. The van der Waals surface area contributed by atoms with Crippen molar-refractivity contribution in [3.63, 3.8) is 0 Å². The van der Waals surface area contributed by atoms with E-state index < -0.39 is 0 Å². The molecular weight excluding hydrogens is 298 g/mol. The minimum atomic E-state index is 0.973. The highest BCUT2D eigenvalue weighted by Gasteiger charge is 2.30. The molecule has 1 aromatic heterocycles. The van der Waals surface area contributed by atoms with Gasteiger partial charge in [0, 0.05) is 6.07 Å². The van der Waals surface area contributed by atoms with Crippen molar-refractivity contribution in [3.8, 4) is 0 Å². The summed E-state index contributed by atoms with van der Waals surface area (Å²) in [6.07, 6.45) is 0. The van der Waals surface area contributed by atoms with Crippen LogP contribution in [0.25, 0.3) is 0 Å². The SMILES string of the molecule is Cc1cc([N+]2=C(c3ccccc3)NN(c3ccccc3)N2)[nH]c1C. The molecule has 3 N–H and O–H groups in total. The number of aryl methyl sites for hydroxylation is 2. The van der Waals surface area contributed by atoms with Gasteiger partial charge >= 0.3 is 0 Å². The normalized spacial score (nSPS) is 13.8. The summed E-state index contributed by atoms with van der Waals surface area (Å²) < 4.78 is 2.03. The molecule has 0 fully saturated rings. The van der Waals surface area contributed by atoms with E-state index in [1.165, 1.54) is 5.56 Å². The van der Waals surface area contributed by atoms with E-state index in [0.29, 0.717) is 0 Å². The number of nitrogens with one attached hydrogen (secondary N) is 3. The number of nitrogens with zero attached hydrogens (tertiary/aromatic N) is 2. The topological polar surface area (TPSA) is 46.1 Å². The van der Waals surface area contributed by atoms with Gasteiger partial charge in [0.25, 0.3) is 11.7 Å². The van der Waals surface area contributed by atoms with Crippen LogP contribution in [0.15, 0.2) is 66.7 Å². The number of hydrogen-bond acceptors (Lipinski definition) is 3. The molecule has 0 radical (unpaired) electrons. The van der Waals surface area contributed by atoms with E-state index in [-0.39, 0.29) is 0 Å². The Balaban J connectivity index is 1.78. The van der Waals surface area contributed by atoms with Crippen molar-refractivity contribution in [2.45, 2.75) is 13.8 Å². The standard InChI is InChI=1S/C19H19N5/c1-14-13-18(20-15(14)2)23-19(16-9-5-3-6-10-16)21-24(22-23)17-11-7-4-8-12-17/h3-13,20,22H,1-2H3/p+1. The summed E-state index contributed by atoms with van der Waals surface area (Å²) in [4.78, 5) is 3.43. The number of aromatic amines is 1. The molecular formula is C19H20N5+. The molecule has 0 aliphatic carbocycles. The molecule has 0 atom stereocenters. The van der Waals surface area contributed by atoms with Crippen molar-refractivity contribution in [2.75, 3.05) is 5.12 Å². The van der Waals surface area contributed by atoms with E-state index in [4.69, 9.17) is 0 Å². The molecule has 4 rings (SSSR count). The first-order valence-electron chi connectivity index (χ1n) is 7.99. The fourth-order valence-corrected chi connectivity index (χ4v) is 2.75. The average molecular weight is 318 g/mol. The second kappa shape index (κ2) is 5.77. The molecule has 1 aliphatic rings. The van der Waals surface area contributed by atoms with Gasteiger partial charge < -0.3 is 0 Å². The Hall–Kier alpha value is -3.21. The van der Waals surface area contributed by atoms with Gasteiger partial charge in [0.2, 0.25) is 0 Å². The summed E-state index contributed by atoms with van der Waals surface area (Å²) in [6.45, 7) is 4.19. The van der Waals surface area contributed by atoms with Gasteiger partial charge in [-0.2, -0.15) is 11.0 Å². The second-order valence-corrected chi connectivity index (χ2v) is 5.90. The average Bonchev–Trinajstić information content (AvgIpc) is 3.21. The third kappa shape index (κ3) is 2.50. The first-order chi connectivity index (χ1) is 11.7. The molecule has 0 spiro atoms. The molecule has 0 saturated heterocycles. The van der Waals surface area contributed by atoms with Crippen LogP contribution in [0.3, 0.4) is 0 Å². The highest BCUT2D eigenvalue weighted by Crippen LogP contribution is 2.20. The number of aromatic nitrogens is 1. The highest BCUT2D eigenvalue weighted by atomic mass is 15.9. The van der Waals surface area contributed by atoms with Gasteiger partial charge in [0.15, 0.2) is 0 Å². The lowest BCUT2D eigenvalue weighted by molar-refractivity contribution is -0.502. The van der Waals surface area contributed by atoms with Crippen LogP contribution < -0.4 is 16.1 Å². The Morgan fingerprint density at radius 2 is 1.54 bits per heavy atom. The quantitative estimate of drug-likeness (QED) is 0.650. The Morgan fingerprint density at radius 1 is 0.875 bits per heavy atom. The third-order valence-corrected chi connectivity index (χ3v) is 4.20. The Bertz CT molecular complexity index is 861. The lowest BCUT2D eigenvalue weighted by atomic mass is 10.2. The minimum Gasteiger partial charge on any atom is -0.275 e. The van der Waals surface area contributed by atoms with Crippen LogP contribution in [0, 0.1) is 13.8 Å². The molecule has 5 heteroatoms. The molecule has 3 aromatic rings. The van der Waals surface area contributed by atoms with Gasteiger partial charge in [-0.15, -0.1) is 9.80 Å². The van der Waals surface area contributed by atoms with E-state index in [1.54, 1.807) is 0 Å². The fourth-order valence-electron chi connectivity index (χ4n) is 2.75. The molecule has 0 unspecified atom stereocenters. The summed E-state index contributed by atoms with van der Waals surface area (Å²) in [6, 6.07) is 22.6. The van der Waals surface area contributed by atoms with E-state index in [2.05, 4.69) is 60.1 Å². The summed E-state index contributed by atoms with van der Waals surface area (Å²) in [5, 5.41) is 1.91. The van der Waals surface area contributed by atoms with Crippen molar-refractivity contribution in [2.24, 2.45) is 0 Å². The minimum absolute atomic E-state index is 0.973. The number of hydrazine groups is 3. The van der Waals surface area contributed by atoms with Gasteiger partial charge in [-0.3, -0.25) is 4.98 Å². The number of hydrazone groups is 1. The molecule has 2 aromatic carbocycles. The van der Waals surface area contributed by atoms with E-state index in [1.807, 2.05) is 46.2 Å². The van der Waals surface area contributed by atoms with Crippen molar-refractivity contribution in [1.82, 2.24) is 15.9 Å². The maximum absolute atomic E-state index is 3.45. The molecule has 2 heterocycles. The van der Waals surface area contributed by atoms with Gasteiger partial charge in [-0.25, -0.2) is 0 Å². The van der Waals surface area contributed by atoms with Crippen LogP contribution >= 0.6 is 0 Å². The molecule has 0 bridgehead atoms. The third-order valence-electron chi connectivity index (χ3n) is 4.20. The highest BCUT2D eigenvalue weighted by molar-refractivity contribution is 5.97. The van der Waals surface area contributed by atoms with Gasteiger partial charge in [0.1, 0.15) is 0 Å². The van der Waals surface area contributed by atoms with E-state index >= 15 is 0 Å². The number of para-hydroxylation sites is 1. The number of benzene rings is 2. The Morgan fingerprint density at radius 3 is 2.17 bits per heavy atom. The lowest BCUT2D eigenvalue weighted by Crippen LogP contribution is -2.43. The summed E-state index contributed by atoms with van der Waals surface area (Å²) in [5.41, 5.74) is 11.4. The van der Waals surface area contributed by atoms with Gasteiger partial charge in [-0.05, 0) is 43.7 Å². The predicted octanol–water partition coefficient (Wildman–Crippen LogP) is 3.17. The van der Waals surface area contributed by atoms with Crippen molar-refractivity contribution < 1.29 is 4.68 Å². The number of amidine groups is 1. The van der Waals surface area contributed by atoms with E-state index in [0.717, 1.165) is 28.6 Å². The number of H-pyrrole nitrogens is 1. The first-order valence-corrected chi connectivity index (χ1v) is 7.99. The van der Waals surface area contributed by atoms with E-state index in [9.17, 15) is 0 Å². The Labute approximate surface area is 141 Å². The Kier molecular flexibility index (Phi) is 3.46. The number of rotatable bonds is 3. The van der Waals surface area contributed by atoms with Crippen LogP contribution in [-0.4, -0.2) is 15.5 Å². The predicted molar refractivity (Wildman–Crippen MR) is 95.9 cm³/mol.